The Morgan fingerprint density at radius 1 is 0.840 bits per heavy atom. The van der Waals surface area contributed by atoms with E-state index in [1.807, 2.05) is 0 Å². The minimum absolute atomic E-state index is 0.00256. The minimum Gasteiger partial charge on any atom is -0.354 e. The molecule has 25 heavy (non-hydrogen) atoms. The summed E-state index contributed by atoms with van der Waals surface area (Å²) in [6.45, 7) is 0. The van der Waals surface area contributed by atoms with Crippen LogP contribution in [-0.2, 0) is 12.4 Å². The fraction of sp³-hybridized carbons (Fsp3) is 0.118. The predicted molar refractivity (Wildman–Crippen MR) is 79.1 cm³/mol. The number of fused-ring (bicyclic) bond motifs is 1. The molecule has 0 aliphatic rings. The maximum Gasteiger partial charge on any atom is 0.416 e. The number of benzene rings is 2. The molecule has 2 aromatic carbocycles. The van der Waals surface area contributed by atoms with Gasteiger partial charge in [0.25, 0.3) is 0 Å². The van der Waals surface area contributed by atoms with Gasteiger partial charge in [0.2, 0.25) is 0 Å². The topological polar surface area (TPSA) is 32.9 Å². The summed E-state index contributed by atoms with van der Waals surface area (Å²) in [6, 6.07) is 6.99. The van der Waals surface area contributed by atoms with Crippen LogP contribution < -0.4 is 0 Å². The molecule has 8 heteroatoms. The average Bonchev–Trinajstić information content (AvgIpc) is 2.91. The lowest BCUT2D eigenvalue weighted by Gasteiger charge is -2.08. The normalized spacial score (nSPS) is 12.6. The van der Waals surface area contributed by atoms with Crippen molar-refractivity contribution in [2.24, 2.45) is 0 Å². The van der Waals surface area contributed by atoms with Gasteiger partial charge >= 0.3 is 12.4 Å². The molecule has 0 radical (unpaired) electrons. The lowest BCUT2D eigenvalue weighted by atomic mass is 10.0. The first-order chi connectivity index (χ1) is 11.6. The molecule has 0 bridgehead atoms. The number of carbonyl (C=O) groups excluding carboxylic acids is 1. The number of hydrogen-bond donors (Lipinski definition) is 1. The number of rotatable bonds is 2. The second-order valence-electron chi connectivity index (χ2n) is 5.37. The molecule has 3 rings (SSSR count). The van der Waals surface area contributed by atoms with E-state index in [9.17, 15) is 31.1 Å². The third-order valence-corrected chi connectivity index (χ3v) is 3.76. The number of carbonyl (C=O) groups is 1. The summed E-state index contributed by atoms with van der Waals surface area (Å²) in [5.74, 6) is 0. The Balaban J connectivity index is 2.22. The van der Waals surface area contributed by atoms with E-state index in [0.29, 0.717) is 6.29 Å². The smallest absolute Gasteiger partial charge is 0.354 e. The molecule has 1 N–H and O–H groups in total. The Labute approximate surface area is 137 Å². The first kappa shape index (κ1) is 17.1. The van der Waals surface area contributed by atoms with E-state index in [1.165, 1.54) is 12.1 Å². The van der Waals surface area contributed by atoms with Crippen molar-refractivity contribution < 1.29 is 31.1 Å². The van der Waals surface area contributed by atoms with Crippen LogP contribution in [0.4, 0.5) is 26.3 Å². The molecule has 0 aliphatic heterocycles. The molecule has 130 valence electrons. The molecule has 0 aliphatic carbocycles. The molecule has 0 spiro atoms. The summed E-state index contributed by atoms with van der Waals surface area (Å²) in [5, 5.41) is -0.00256. The molecule has 0 saturated heterocycles. The summed E-state index contributed by atoms with van der Waals surface area (Å²) in [4.78, 5) is 14.1. The number of alkyl halides is 6. The summed E-state index contributed by atoms with van der Waals surface area (Å²) in [5.41, 5.74) is -1.67. The van der Waals surface area contributed by atoms with Crippen LogP contribution >= 0.6 is 0 Å². The van der Waals surface area contributed by atoms with Crippen molar-refractivity contribution in [2.45, 2.75) is 12.4 Å². The monoisotopic (exact) mass is 357 g/mol. The quantitative estimate of drug-likeness (QED) is 0.464. The van der Waals surface area contributed by atoms with E-state index in [-0.39, 0.29) is 27.7 Å². The van der Waals surface area contributed by atoms with Crippen LogP contribution in [0, 0.1) is 0 Å². The van der Waals surface area contributed by atoms with E-state index in [0.717, 1.165) is 30.3 Å². The van der Waals surface area contributed by atoms with E-state index in [4.69, 9.17) is 0 Å². The zero-order valence-electron chi connectivity index (χ0n) is 12.3. The van der Waals surface area contributed by atoms with Crippen LogP contribution in [0.15, 0.2) is 42.5 Å². The van der Waals surface area contributed by atoms with Gasteiger partial charge in [-0.1, -0.05) is 12.1 Å². The van der Waals surface area contributed by atoms with E-state index in [2.05, 4.69) is 4.98 Å². The Hall–Kier alpha value is -2.77. The molecule has 1 aromatic heterocycles. The number of nitrogens with one attached hydrogen (secondary N) is 1. The fourth-order valence-electron chi connectivity index (χ4n) is 2.59. The maximum absolute atomic E-state index is 12.8. The summed E-state index contributed by atoms with van der Waals surface area (Å²) in [7, 11) is 0. The van der Waals surface area contributed by atoms with Crippen molar-refractivity contribution >= 4 is 17.2 Å². The second kappa shape index (κ2) is 5.65. The molecule has 1 heterocycles. The van der Waals surface area contributed by atoms with Crippen LogP contribution in [0.25, 0.3) is 22.2 Å². The molecule has 3 aromatic rings. The van der Waals surface area contributed by atoms with Gasteiger partial charge < -0.3 is 4.98 Å². The van der Waals surface area contributed by atoms with Gasteiger partial charge in [0.1, 0.15) is 0 Å². The number of aromatic nitrogens is 1. The summed E-state index contributed by atoms with van der Waals surface area (Å²) < 4.78 is 77.1. The van der Waals surface area contributed by atoms with Crippen molar-refractivity contribution in [3.8, 4) is 11.3 Å². The third-order valence-electron chi connectivity index (χ3n) is 3.76. The highest BCUT2D eigenvalue weighted by Gasteiger charge is 2.32. The van der Waals surface area contributed by atoms with Crippen LogP contribution in [-0.4, -0.2) is 11.3 Å². The van der Waals surface area contributed by atoms with Gasteiger partial charge in [-0.05, 0) is 35.9 Å². The first-order valence-corrected chi connectivity index (χ1v) is 6.97. The molecular weight excluding hydrogens is 348 g/mol. The van der Waals surface area contributed by atoms with Crippen LogP contribution in [0.3, 0.4) is 0 Å². The fourth-order valence-corrected chi connectivity index (χ4v) is 2.59. The van der Waals surface area contributed by atoms with Crippen LogP contribution in [0.1, 0.15) is 21.5 Å². The molecule has 0 unspecified atom stereocenters. The van der Waals surface area contributed by atoms with Gasteiger partial charge in [-0.15, -0.1) is 0 Å². The van der Waals surface area contributed by atoms with E-state index >= 15 is 0 Å². The highest BCUT2D eigenvalue weighted by atomic mass is 19.4. The molecule has 0 atom stereocenters. The van der Waals surface area contributed by atoms with E-state index in [1.54, 1.807) is 0 Å². The van der Waals surface area contributed by atoms with Gasteiger partial charge in [0.15, 0.2) is 6.29 Å². The zero-order valence-corrected chi connectivity index (χ0v) is 12.3. The Bertz CT molecular complexity index is 952. The van der Waals surface area contributed by atoms with Crippen molar-refractivity contribution in [3.63, 3.8) is 0 Å². The van der Waals surface area contributed by atoms with Crippen molar-refractivity contribution in [1.82, 2.24) is 4.98 Å². The van der Waals surface area contributed by atoms with Crippen LogP contribution in [0.5, 0.6) is 0 Å². The largest absolute Gasteiger partial charge is 0.416 e. The van der Waals surface area contributed by atoms with Gasteiger partial charge in [-0.25, -0.2) is 0 Å². The first-order valence-electron chi connectivity index (χ1n) is 6.97. The number of halogens is 6. The molecule has 0 saturated carbocycles. The summed E-state index contributed by atoms with van der Waals surface area (Å²) >= 11 is 0. The molecule has 0 amide bonds. The second-order valence-corrected chi connectivity index (χ2v) is 5.37. The van der Waals surface area contributed by atoms with Crippen LogP contribution in [0.2, 0.25) is 0 Å². The Morgan fingerprint density at radius 3 is 2.08 bits per heavy atom. The number of aromatic amines is 1. The van der Waals surface area contributed by atoms with Gasteiger partial charge in [0, 0.05) is 16.5 Å². The highest BCUT2D eigenvalue weighted by Crippen LogP contribution is 2.37. The number of hydrogen-bond acceptors (Lipinski definition) is 1. The number of aldehydes is 1. The van der Waals surface area contributed by atoms with Crippen molar-refractivity contribution in [1.29, 1.82) is 0 Å². The lowest BCUT2D eigenvalue weighted by Crippen LogP contribution is -2.04. The Morgan fingerprint density at radius 2 is 1.48 bits per heavy atom. The average molecular weight is 357 g/mol. The predicted octanol–water partition coefficient (Wildman–Crippen LogP) is 5.69. The Kier molecular flexibility index (Phi) is 3.85. The van der Waals surface area contributed by atoms with E-state index < -0.39 is 23.5 Å². The van der Waals surface area contributed by atoms with Gasteiger partial charge in [0.05, 0.1) is 16.8 Å². The van der Waals surface area contributed by atoms with Gasteiger partial charge in [-0.3, -0.25) is 4.79 Å². The summed E-state index contributed by atoms with van der Waals surface area (Å²) in [6.07, 6.45) is -8.84. The van der Waals surface area contributed by atoms with Crippen molar-refractivity contribution in [2.75, 3.05) is 0 Å². The highest BCUT2D eigenvalue weighted by molar-refractivity contribution is 6.04. The molecular formula is C17H9F6NO. The third kappa shape index (κ3) is 3.11. The zero-order chi connectivity index (χ0) is 18.4. The minimum atomic E-state index is -4.60. The van der Waals surface area contributed by atoms with Gasteiger partial charge in [-0.2, -0.15) is 26.3 Å². The lowest BCUT2D eigenvalue weighted by molar-refractivity contribution is -0.138. The molecule has 0 fully saturated rings. The standard InChI is InChI=1S/C17H9F6NO/c18-16(19,20)10-3-1-2-9(6-10)15-13(8-25)12-7-11(17(21,22)23)4-5-14(12)24-15/h1-8,24H. The van der Waals surface area contributed by atoms with Crippen molar-refractivity contribution in [3.05, 3.63) is 59.2 Å². The number of H-pyrrole nitrogens is 1. The maximum atomic E-state index is 12.8. The molecule has 2 nitrogen and oxygen atoms in total. The SMILES string of the molecule is O=Cc1c(-c2cccc(C(F)(F)F)c2)[nH]c2ccc(C(F)(F)F)cc12.